The van der Waals surface area contributed by atoms with Gasteiger partial charge in [0.25, 0.3) is 0 Å². The average Bonchev–Trinajstić information content (AvgIpc) is 2.13. The molecule has 0 aliphatic rings. The van der Waals surface area contributed by atoms with E-state index in [1.165, 1.54) is 10.4 Å². The SMILES string of the molecule is CC(=O)Cc1cc(C)cs1. The van der Waals surface area contributed by atoms with E-state index >= 15 is 0 Å². The van der Waals surface area contributed by atoms with Crippen LogP contribution in [-0.4, -0.2) is 5.78 Å². The Morgan fingerprint density at radius 3 is 2.80 bits per heavy atom. The van der Waals surface area contributed by atoms with Crippen LogP contribution in [0, 0.1) is 6.92 Å². The first-order chi connectivity index (χ1) is 4.68. The largest absolute Gasteiger partial charge is 0.300 e. The topological polar surface area (TPSA) is 17.1 Å². The standard InChI is InChI=1S/C8H10OS/c1-6-3-8(10-5-6)4-7(2)9/h3,5H,4H2,1-2H3. The molecule has 0 atom stereocenters. The Labute approximate surface area is 64.7 Å². The molecule has 0 saturated heterocycles. The second-order valence-corrected chi connectivity index (χ2v) is 3.46. The minimum absolute atomic E-state index is 0.238. The summed E-state index contributed by atoms with van der Waals surface area (Å²) in [5, 5.41) is 2.07. The molecular weight excluding hydrogens is 144 g/mol. The number of aryl methyl sites for hydroxylation is 1. The smallest absolute Gasteiger partial charge is 0.135 e. The molecule has 54 valence electrons. The van der Waals surface area contributed by atoms with Crippen LogP contribution >= 0.6 is 11.3 Å². The molecule has 2 heteroatoms. The zero-order valence-electron chi connectivity index (χ0n) is 6.18. The average molecular weight is 154 g/mol. The third kappa shape index (κ3) is 1.95. The van der Waals surface area contributed by atoms with Gasteiger partial charge in [0.15, 0.2) is 0 Å². The highest BCUT2D eigenvalue weighted by atomic mass is 32.1. The van der Waals surface area contributed by atoms with Crippen molar-refractivity contribution in [3.63, 3.8) is 0 Å². The molecule has 0 bridgehead atoms. The fourth-order valence-electron chi connectivity index (χ4n) is 0.829. The van der Waals surface area contributed by atoms with E-state index in [1.54, 1.807) is 18.3 Å². The second-order valence-electron chi connectivity index (χ2n) is 2.47. The molecule has 0 unspecified atom stereocenters. The minimum Gasteiger partial charge on any atom is -0.300 e. The van der Waals surface area contributed by atoms with E-state index in [0.717, 1.165) is 0 Å². The summed E-state index contributed by atoms with van der Waals surface area (Å²) in [5.41, 5.74) is 1.25. The van der Waals surface area contributed by atoms with E-state index in [-0.39, 0.29) is 5.78 Å². The zero-order chi connectivity index (χ0) is 7.56. The maximum Gasteiger partial charge on any atom is 0.135 e. The molecule has 1 nitrogen and oxygen atoms in total. The third-order valence-corrected chi connectivity index (χ3v) is 2.26. The third-order valence-electron chi connectivity index (χ3n) is 1.21. The molecule has 0 N–H and O–H groups in total. The van der Waals surface area contributed by atoms with Gasteiger partial charge in [-0.2, -0.15) is 0 Å². The highest BCUT2D eigenvalue weighted by Gasteiger charge is 1.98. The van der Waals surface area contributed by atoms with Crippen molar-refractivity contribution >= 4 is 17.1 Å². The first-order valence-corrected chi connectivity index (χ1v) is 4.10. The summed E-state index contributed by atoms with van der Waals surface area (Å²) in [4.78, 5) is 11.8. The number of hydrogen-bond acceptors (Lipinski definition) is 2. The number of carbonyl (C=O) groups is 1. The van der Waals surface area contributed by atoms with Crippen LogP contribution in [0.4, 0.5) is 0 Å². The lowest BCUT2D eigenvalue weighted by Gasteiger charge is -1.86. The maximum atomic E-state index is 10.6. The van der Waals surface area contributed by atoms with E-state index in [4.69, 9.17) is 0 Å². The number of carbonyl (C=O) groups excluding carboxylic acids is 1. The fourth-order valence-corrected chi connectivity index (χ4v) is 1.77. The van der Waals surface area contributed by atoms with Crippen LogP contribution in [0.3, 0.4) is 0 Å². The summed E-state index contributed by atoms with van der Waals surface area (Å²) < 4.78 is 0. The maximum absolute atomic E-state index is 10.6. The van der Waals surface area contributed by atoms with Crippen LogP contribution in [0.5, 0.6) is 0 Å². The summed E-state index contributed by atoms with van der Waals surface area (Å²) in [6, 6.07) is 2.06. The van der Waals surface area contributed by atoms with Crippen molar-refractivity contribution in [3.05, 3.63) is 21.9 Å². The van der Waals surface area contributed by atoms with Gasteiger partial charge in [-0.3, -0.25) is 4.79 Å². The Morgan fingerprint density at radius 2 is 2.40 bits per heavy atom. The molecule has 1 rings (SSSR count). The number of rotatable bonds is 2. The molecule has 0 fully saturated rings. The van der Waals surface area contributed by atoms with Gasteiger partial charge in [0.05, 0.1) is 0 Å². The van der Waals surface area contributed by atoms with Gasteiger partial charge < -0.3 is 0 Å². The van der Waals surface area contributed by atoms with Crippen molar-refractivity contribution in [2.45, 2.75) is 20.3 Å². The Kier molecular flexibility index (Phi) is 2.22. The molecule has 1 aromatic heterocycles. The van der Waals surface area contributed by atoms with Gasteiger partial charge in [0, 0.05) is 11.3 Å². The van der Waals surface area contributed by atoms with Crippen molar-refractivity contribution in [2.24, 2.45) is 0 Å². The normalized spacial score (nSPS) is 9.80. The Morgan fingerprint density at radius 1 is 1.70 bits per heavy atom. The molecule has 0 radical (unpaired) electrons. The number of ketones is 1. The number of thiophene rings is 1. The van der Waals surface area contributed by atoms with Crippen molar-refractivity contribution in [2.75, 3.05) is 0 Å². The predicted octanol–water partition coefficient (Wildman–Crippen LogP) is 2.19. The van der Waals surface area contributed by atoms with Gasteiger partial charge in [-0.25, -0.2) is 0 Å². The summed E-state index contributed by atoms with van der Waals surface area (Å²) in [6.45, 7) is 3.66. The molecule has 0 amide bonds. The van der Waals surface area contributed by atoms with Gasteiger partial charge in [-0.1, -0.05) is 0 Å². The van der Waals surface area contributed by atoms with Crippen molar-refractivity contribution in [1.82, 2.24) is 0 Å². The van der Waals surface area contributed by atoms with E-state index in [0.29, 0.717) is 6.42 Å². The summed E-state index contributed by atoms with van der Waals surface area (Å²) in [5.74, 6) is 0.238. The molecular formula is C8H10OS. The quantitative estimate of drug-likeness (QED) is 0.638. The van der Waals surface area contributed by atoms with E-state index < -0.39 is 0 Å². The molecule has 1 aromatic rings. The van der Waals surface area contributed by atoms with Gasteiger partial charge in [-0.15, -0.1) is 11.3 Å². The van der Waals surface area contributed by atoms with Crippen LogP contribution in [0.2, 0.25) is 0 Å². The number of hydrogen-bond donors (Lipinski definition) is 0. The van der Waals surface area contributed by atoms with Crippen LogP contribution in [0.1, 0.15) is 17.4 Å². The predicted molar refractivity (Wildman–Crippen MR) is 43.4 cm³/mol. The van der Waals surface area contributed by atoms with Gasteiger partial charge >= 0.3 is 0 Å². The lowest BCUT2D eigenvalue weighted by molar-refractivity contribution is -0.116. The summed E-state index contributed by atoms with van der Waals surface area (Å²) >= 11 is 1.66. The molecule has 10 heavy (non-hydrogen) atoms. The first-order valence-electron chi connectivity index (χ1n) is 3.22. The van der Waals surface area contributed by atoms with Gasteiger partial charge in [0.2, 0.25) is 0 Å². The minimum atomic E-state index is 0.238. The summed E-state index contributed by atoms with van der Waals surface area (Å²) in [7, 11) is 0. The second kappa shape index (κ2) is 2.97. The van der Waals surface area contributed by atoms with Crippen molar-refractivity contribution in [3.8, 4) is 0 Å². The molecule has 0 saturated carbocycles. The Balaban J connectivity index is 2.67. The molecule has 0 aromatic carbocycles. The van der Waals surface area contributed by atoms with Crippen molar-refractivity contribution in [1.29, 1.82) is 0 Å². The molecule has 0 spiro atoms. The van der Waals surface area contributed by atoms with E-state index in [9.17, 15) is 4.79 Å². The zero-order valence-corrected chi connectivity index (χ0v) is 6.99. The lowest BCUT2D eigenvalue weighted by Crippen LogP contribution is -1.92. The molecule has 0 aliphatic carbocycles. The first kappa shape index (κ1) is 7.48. The molecule has 0 aliphatic heterocycles. The van der Waals surface area contributed by atoms with Crippen LogP contribution < -0.4 is 0 Å². The van der Waals surface area contributed by atoms with E-state index in [1.807, 2.05) is 6.92 Å². The lowest BCUT2D eigenvalue weighted by atomic mass is 10.2. The highest BCUT2D eigenvalue weighted by Crippen LogP contribution is 2.13. The fraction of sp³-hybridized carbons (Fsp3) is 0.375. The Bertz CT molecular complexity index is 237. The van der Waals surface area contributed by atoms with Crippen LogP contribution in [0.25, 0.3) is 0 Å². The van der Waals surface area contributed by atoms with Gasteiger partial charge in [0.1, 0.15) is 5.78 Å². The van der Waals surface area contributed by atoms with Crippen LogP contribution in [-0.2, 0) is 11.2 Å². The van der Waals surface area contributed by atoms with Crippen LogP contribution in [0.15, 0.2) is 11.4 Å². The molecule has 1 heterocycles. The van der Waals surface area contributed by atoms with Gasteiger partial charge in [-0.05, 0) is 30.9 Å². The highest BCUT2D eigenvalue weighted by molar-refractivity contribution is 7.10. The van der Waals surface area contributed by atoms with Crippen molar-refractivity contribution < 1.29 is 4.79 Å². The monoisotopic (exact) mass is 154 g/mol. The van der Waals surface area contributed by atoms with E-state index in [2.05, 4.69) is 11.4 Å². The number of Topliss-reactive ketones (excluding diaryl/α,β-unsaturated/α-hetero) is 1. The Hall–Kier alpha value is -0.630. The summed E-state index contributed by atoms with van der Waals surface area (Å²) in [6.07, 6.45) is 0.596.